The summed E-state index contributed by atoms with van der Waals surface area (Å²) in [6.07, 6.45) is 0. The Hall–Kier alpha value is -1.64. The van der Waals surface area contributed by atoms with Gasteiger partial charge in [0.15, 0.2) is 5.78 Å². The second-order valence-corrected chi connectivity index (χ2v) is 5.05. The molecule has 2 aromatic rings. The van der Waals surface area contributed by atoms with Gasteiger partial charge >= 0.3 is 0 Å². The summed E-state index contributed by atoms with van der Waals surface area (Å²) in [5.74, 6) is -0.0671. The molecule has 0 aromatic heterocycles. The summed E-state index contributed by atoms with van der Waals surface area (Å²) in [7, 11) is 0. The number of fused-ring (bicyclic) bond motifs is 1. The minimum Gasteiger partial charge on any atom is -0.372 e. The first-order chi connectivity index (χ1) is 9.25. The van der Waals surface area contributed by atoms with E-state index in [1.807, 2.05) is 48.5 Å². The van der Waals surface area contributed by atoms with E-state index in [1.165, 1.54) is 0 Å². The van der Waals surface area contributed by atoms with E-state index < -0.39 is 5.38 Å². The highest BCUT2D eigenvalue weighted by Gasteiger charge is 2.21. The molecule has 0 fully saturated rings. The normalized spacial score (nSPS) is 15.0. The summed E-state index contributed by atoms with van der Waals surface area (Å²) in [6.45, 7) is 1.21. The Bertz CT molecular complexity index is 607. The number of carbonyl (C=O) groups is 1. The molecule has 0 saturated heterocycles. The van der Waals surface area contributed by atoms with E-state index in [1.54, 1.807) is 0 Å². The Morgan fingerprint density at radius 1 is 1.05 bits per heavy atom. The fourth-order valence-electron chi connectivity index (χ4n) is 2.25. The lowest BCUT2D eigenvalue weighted by Gasteiger charge is -2.09. The summed E-state index contributed by atoms with van der Waals surface area (Å²) >= 11 is 6.26. The van der Waals surface area contributed by atoms with Crippen molar-refractivity contribution in [2.24, 2.45) is 0 Å². The number of alkyl halides is 1. The van der Waals surface area contributed by atoms with Crippen LogP contribution in [0.1, 0.15) is 32.4 Å². The molecule has 0 amide bonds. The topological polar surface area (TPSA) is 26.3 Å². The van der Waals surface area contributed by atoms with Crippen LogP contribution in [-0.4, -0.2) is 5.78 Å². The SMILES string of the molecule is O=C(c1ccc2c(c1)COC2)C(Cl)c1ccccc1. The van der Waals surface area contributed by atoms with Gasteiger partial charge in [-0.15, -0.1) is 11.6 Å². The third-order valence-corrected chi connectivity index (χ3v) is 3.78. The van der Waals surface area contributed by atoms with Crippen molar-refractivity contribution in [3.8, 4) is 0 Å². The van der Waals surface area contributed by atoms with E-state index >= 15 is 0 Å². The van der Waals surface area contributed by atoms with E-state index in [9.17, 15) is 4.79 Å². The van der Waals surface area contributed by atoms with Crippen molar-refractivity contribution in [2.75, 3.05) is 0 Å². The standard InChI is InChI=1S/C16H13ClO2/c17-15(11-4-2-1-3-5-11)16(18)12-6-7-13-9-19-10-14(13)8-12/h1-8,15H,9-10H2. The van der Waals surface area contributed by atoms with E-state index in [4.69, 9.17) is 16.3 Å². The predicted molar refractivity (Wildman–Crippen MR) is 74.3 cm³/mol. The molecule has 1 aliphatic heterocycles. The van der Waals surface area contributed by atoms with Crippen molar-refractivity contribution >= 4 is 17.4 Å². The first-order valence-corrected chi connectivity index (χ1v) is 6.62. The van der Waals surface area contributed by atoms with Gasteiger partial charge in [-0.25, -0.2) is 0 Å². The lowest BCUT2D eigenvalue weighted by Crippen LogP contribution is -2.08. The van der Waals surface area contributed by atoms with Crippen LogP contribution < -0.4 is 0 Å². The van der Waals surface area contributed by atoms with Crippen LogP contribution in [0.2, 0.25) is 0 Å². The highest BCUT2D eigenvalue weighted by atomic mass is 35.5. The Kier molecular flexibility index (Phi) is 3.36. The van der Waals surface area contributed by atoms with Crippen LogP contribution in [0, 0.1) is 0 Å². The molecule has 0 spiro atoms. The molecule has 1 aliphatic rings. The van der Waals surface area contributed by atoms with Gasteiger partial charge in [0.25, 0.3) is 0 Å². The van der Waals surface area contributed by atoms with E-state index in [0.29, 0.717) is 18.8 Å². The number of halogens is 1. The smallest absolute Gasteiger partial charge is 0.185 e. The summed E-state index contributed by atoms with van der Waals surface area (Å²) in [5, 5.41) is -0.637. The average molecular weight is 273 g/mol. The largest absolute Gasteiger partial charge is 0.372 e. The summed E-state index contributed by atoms with van der Waals surface area (Å²) in [5.41, 5.74) is 3.71. The molecule has 1 unspecified atom stereocenters. The molecule has 0 radical (unpaired) electrons. The number of benzene rings is 2. The number of carbonyl (C=O) groups excluding carboxylic acids is 1. The van der Waals surface area contributed by atoms with E-state index in [2.05, 4.69) is 0 Å². The third kappa shape index (κ3) is 2.42. The number of Topliss-reactive ketones (excluding diaryl/α,β-unsaturated/α-hetero) is 1. The molecule has 0 bridgehead atoms. The Balaban J connectivity index is 1.88. The first-order valence-electron chi connectivity index (χ1n) is 6.18. The summed E-state index contributed by atoms with van der Waals surface area (Å²) < 4.78 is 5.35. The number of hydrogen-bond acceptors (Lipinski definition) is 2. The van der Waals surface area contributed by atoms with Gasteiger partial charge in [0.05, 0.1) is 13.2 Å². The van der Waals surface area contributed by atoms with Gasteiger partial charge in [0, 0.05) is 5.56 Å². The number of hydrogen-bond donors (Lipinski definition) is 0. The predicted octanol–water partition coefficient (Wildman–Crippen LogP) is 3.88. The van der Waals surface area contributed by atoms with Gasteiger partial charge in [-0.1, -0.05) is 42.5 Å². The second-order valence-electron chi connectivity index (χ2n) is 4.61. The first kappa shape index (κ1) is 12.4. The zero-order valence-electron chi connectivity index (χ0n) is 10.3. The van der Waals surface area contributed by atoms with Crippen LogP contribution in [0.25, 0.3) is 0 Å². The highest BCUT2D eigenvalue weighted by molar-refractivity contribution is 6.33. The Morgan fingerprint density at radius 3 is 2.58 bits per heavy atom. The molecular weight excluding hydrogens is 260 g/mol. The van der Waals surface area contributed by atoms with E-state index in [-0.39, 0.29) is 5.78 Å². The summed E-state index contributed by atoms with van der Waals surface area (Å²) in [6, 6.07) is 15.1. The lowest BCUT2D eigenvalue weighted by molar-refractivity contribution is 0.0987. The fourth-order valence-corrected chi connectivity index (χ4v) is 2.52. The molecule has 19 heavy (non-hydrogen) atoms. The summed E-state index contributed by atoms with van der Waals surface area (Å²) in [4.78, 5) is 12.4. The zero-order chi connectivity index (χ0) is 13.2. The van der Waals surface area contributed by atoms with Crippen molar-refractivity contribution < 1.29 is 9.53 Å². The zero-order valence-corrected chi connectivity index (χ0v) is 11.1. The van der Waals surface area contributed by atoms with Crippen LogP contribution in [0.4, 0.5) is 0 Å². The molecule has 1 atom stereocenters. The molecule has 1 heterocycles. The maximum absolute atomic E-state index is 12.4. The molecule has 0 aliphatic carbocycles. The van der Waals surface area contributed by atoms with Crippen molar-refractivity contribution in [2.45, 2.75) is 18.6 Å². The number of ketones is 1. The van der Waals surface area contributed by atoms with Crippen molar-refractivity contribution in [3.05, 3.63) is 70.8 Å². The monoisotopic (exact) mass is 272 g/mol. The van der Waals surface area contributed by atoms with Crippen LogP contribution in [0.3, 0.4) is 0 Å². The van der Waals surface area contributed by atoms with Gasteiger partial charge < -0.3 is 4.74 Å². The molecule has 0 N–H and O–H groups in total. The Morgan fingerprint density at radius 2 is 1.79 bits per heavy atom. The maximum atomic E-state index is 12.4. The van der Waals surface area contributed by atoms with Crippen molar-refractivity contribution in [1.82, 2.24) is 0 Å². The van der Waals surface area contributed by atoms with Crippen molar-refractivity contribution in [3.63, 3.8) is 0 Å². The van der Waals surface area contributed by atoms with Gasteiger partial charge in [-0.05, 0) is 22.8 Å². The van der Waals surface area contributed by atoms with Crippen LogP contribution in [-0.2, 0) is 18.0 Å². The van der Waals surface area contributed by atoms with Crippen LogP contribution in [0.15, 0.2) is 48.5 Å². The highest BCUT2D eigenvalue weighted by Crippen LogP contribution is 2.27. The van der Waals surface area contributed by atoms with E-state index in [0.717, 1.165) is 16.7 Å². The van der Waals surface area contributed by atoms with Gasteiger partial charge in [0.1, 0.15) is 5.38 Å². The van der Waals surface area contributed by atoms with Crippen molar-refractivity contribution in [1.29, 1.82) is 0 Å². The molecule has 3 heteroatoms. The van der Waals surface area contributed by atoms with Crippen LogP contribution >= 0.6 is 11.6 Å². The minimum atomic E-state index is -0.637. The molecule has 0 saturated carbocycles. The van der Waals surface area contributed by atoms with Crippen LogP contribution in [0.5, 0.6) is 0 Å². The number of rotatable bonds is 3. The third-order valence-electron chi connectivity index (χ3n) is 3.33. The quantitative estimate of drug-likeness (QED) is 0.626. The molecule has 3 rings (SSSR count). The molecule has 96 valence electrons. The fraction of sp³-hybridized carbons (Fsp3) is 0.188. The van der Waals surface area contributed by atoms with Gasteiger partial charge in [-0.2, -0.15) is 0 Å². The molecular formula is C16H13ClO2. The second kappa shape index (κ2) is 5.16. The average Bonchev–Trinajstić information content (AvgIpc) is 2.94. The Labute approximate surface area is 117 Å². The lowest BCUT2D eigenvalue weighted by atomic mass is 9.99. The minimum absolute atomic E-state index is 0.0671. The maximum Gasteiger partial charge on any atom is 0.185 e. The van der Waals surface area contributed by atoms with Gasteiger partial charge in [0.2, 0.25) is 0 Å². The number of ether oxygens (including phenoxy) is 1. The molecule has 2 nitrogen and oxygen atoms in total. The van der Waals surface area contributed by atoms with Gasteiger partial charge in [-0.3, -0.25) is 4.79 Å². The molecule has 2 aromatic carbocycles.